The smallest absolute Gasteiger partial charge is 0.313 e. The van der Waals surface area contributed by atoms with Crippen LogP contribution in [-0.4, -0.2) is 37.4 Å². The predicted molar refractivity (Wildman–Crippen MR) is 93.8 cm³/mol. The highest BCUT2D eigenvalue weighted by molar-refractivity contribution is 6.01. The van der Waals surface area contributed by atoms with Crippen LogP contribution in [0.3, 0.4) is 0 Å². The third-order valence-electron chi connectivity index (χ3n) is 3.56. The van der Waals surface area contributed by atoms with Gasteiger partial charge in [-0.3, -0.25) is 4.79 Å². The Bertz CT molecular complexity index is 883. The number of rotatable bonds is 6. The fraction of sp³-hybridized carbons (Fsp3) is 0.167. The summed E-state index contributed by atoms with van der Waals surface area (Å²) in [5, 5.41) is 10.4. The summed E-state index contributed by atoms with van der Waals surface area (Å²) in [6, 6.07) is 12.4. The Morgan fingerprint density at radius 2 is 1.62 bits per heavy atom. The SMILES string of the molecule is COc1cc(NC(=O)c2nnc(-c3ccccc3)o2)cc(OC)c1OC. The second-order valence-electron chi connectivity index (χ2n) is 5.15. The minimum Gasteiger partial charge on any atom is -0.493 e. The lowest BCUT2D eigenvalue weighted by molar-refractivity contribution is 0.0991. The van der Waals surface area contributed by atoms with Crippen LogP contribution in [0.1, 0.15) is 10.7 Å². The molecule has 0 aliphatic carbocycles. The van der Waals surface area contributed by atoms with Crippen molar-refractivity contribution < 1.29 is 23.4 Å². The van der Waals surface area contributed by atoms with Crippen molar-refractivity contribution in [3.8, 4) is 28.7 Å². The zero-order valence-corrected chi connectivity index (χ0v) is 14.5. The van der Waals surface area contributed by atoms with Gasteiger partial charge in [0.1, 0.15) is 0 Å². The molecular weight excluding hydrogens is 338 g/mol. The number of methoxy groups -OCH3 is 3. The van der Waals surface area contributed by atoms with E-state index in [2.05, 4.69) is 15.5 Å². The van der Waals surface area contributed by atoms with E-state index < -0.39 is 5.91 Å². The molecule has 8 nitrogen and oxygen atoms in total. The molecule has 2 aromatic carbocycles. The van der Waals surface area contributed by atoms with Crippen molar-refractivity contribution in [1.29, 1.82) is 0 Å². The van der Waals surface area contributed by atoms with Gasteiger partial charge < -0.3 is 23.9 Å². The molecule has 134 valence electrons. The van der Waals surface area contributed by atoms with E-state index in [1.54, 1.807) is 12.1 Å². The van der Waals surface area contributed by atoms with E-state index in [1.165, 1.54) is 21.3 Å². The molecule has 26 heavy (non-hydrogen) atoms. The molecule has 3 aromatic rings. The molecule has 0 unspecified atom stereocenters. The molecule has 0 bridgehead atoms. The predicted octanol–water partition coefficient (Wildman–Crippen LogP) is 3.01. The average molecular weight is 355 g/mol. The lowest BCUT2D eigenvalue weighted by Gasteiger charge is -2.14. The topological polar surface area (TPSA) is 95.7 Å². The summed E-state index contributed by atoms with van der Waals surface area (Å²) < 4.78 is 21.2. The summed E-state index contributed by atoms with van der Waals surface area (Å²) in [6.07, 6.45) is 0. The van der Waals surface area contributed by atoms with Crippen LogP contribution in [0.4, 0.5) is 5.69 Å². The summed E-state index contributed by atoms with van der Waals surface area (Å²) in [7, 11) is 4.49. The van der Waals surface area contributed by atoms with E-state index in [9.17, 15) is 4.79 Å². The Morgan fingerprint density at radius 1 is 0.962 bits per heavy atom. The maximum absolute atomic E-state index is 12.4. The van der Waals surface area contributed by atoms with E-state index >= 15 is 0 Å². The molecule has 1 heterocycles. The van der Waals surface area contributed by atoms with Crippen LogP contribution in [0, 0.1) is 0 Å². The van der Waals surface area contributed by atoms with Gasteiger partial charge in [0.2, 0.25) is 11.6 Å². The molecule has 0 spiro atoms. The average Bonchev–Trinajstić information content (AvgIpc) is 3.18. The van der Waals surface area contributed by atoms with Crippen LogP contribution in [0.25, 0.3) is 11.5 Å². The third kappa shape index (κ3) is 3.44. The number of amides is 1. The van der Waals surface area contributed by atoms with Crippen LogP contribution in [-0.2, 0) is 0 Å². The normalized spacial score (nSPS) is 10.3. The van der Waals surface area contributed by atoms with Gasteiger partial charge in [-0.15, -0.1) is 10.2 Å². The first-order chi connectivity index (χ1) is 12.7. The standard InChI is InChI=1S/C18H17N3O5/c1-23-13-9-12(10-14(24-2)15(13)25-3)19-16(22)18-21-20-17(26-18)11-7-5-4-6-8-11/h4-10H,1-3H3,(H,19,22). The van der Waals surface area contributed by atoms with E-state index in [-0.39, 0.29) is 11.8 Å². The molecule has 1 amide bonds. The number of nitrogens with one attached hydrogen (secondary N) is 1. The highest BCUT2D eigenvalue weighted by Gasteiger charge is 2.19. The molecule has 1 aromatic heterocycles. The van der Waals surface area contributed by atoms with Crippen LogP contribution >= 0.6 is 0 Å². The lowest BCUT2D eigenvalue weighted by atomic mass is 10.2. The van der Waals surface area contributed by atoms with E-state index in [0.29, 0.717) is 22.9 Å². The lowest BCUT2D eigenvalue weighted by Crippen LogP contribution is -2.12. The van der Waals surface area contributed by atoms with E-state index in [0.717, 1.165) is 5.56 Å². The molecule has 1 N–H and O–H groups in total. The number of benzene rings is 2. The van der Waals surface area contributed by atoms with Gasteiger partial charge in [-0.2, -0.15) is 0 Å². The molecule has 8 heteroatoms. The number of carbonyl (C=O) groups is 1. The van der Waals surface area contributed by atoms with Gasteiger partial charge in [0.25, 0.3) is 0 Å². The van der Waals surface area contributed by atoms with Gasteiger partial charge in [0.05, 0.1) is 21.3 Å². The molecule has 0 fully saturated rings. The van der Waals surface area contributed by atoms with Crippen molar-refractivity contribution in [3.05, 3.63) is 48.4 Å². The van der Waals surface area contributed by atoms with Gasteiger partial charge >= 0.3 is 11.8 Å². The highest BCUT2D eigenvalue weighted by Crippen LogP contribution is 2.40. The summed E-state index contributed by atoms with van der Waals surface area (Å²) in [4.78, 5) is 12.4. The van der Waals surface area contributed by atoms with Gasteiger partial charge in [-0.1, -0.05) is 18.2 Å². The fourth-order valence-electron chi connectivity index (χ4n) is 2.35. The Morgan fingerprint density at radius 3 is 2.19 bits per heavy atom. The van der Waals surface area contributed by atoms with Gasteiger partial charge in [-0.05, 0) is 12.1 Å². The van der Waals surface area contributed by atoms with Crippen molar-refractivity contribution in [1.82, 2.24) is 10.2 Å². The number of ether oxygens (including phenoxy) is 3. The van der Waals surface area contributed by atoms with Gasteiger partial charge in [0, 0.05) is 23.4 Å². The molecule has 0 saturated carbocycles. The number of hydrogen-bond donors (Lipinski definition) is 1. The van der Waals surface area contributed by atoms with Gasteiger partial charge in [0.15, 0.2) is 11.5 Å². The molecule has 0 radical (unpaired) electrons. The molecule has 0 atom stereocenters. The second-order valence-corrected chi connectivity index (χ2v) is 5.15. The minimum absolute atomic E-state index is 0.155. The first-order valence-electron chi connectivity index (χ1n) is 7.66. The van der Waals surface area contributed by atoms with E-state index in [4.69, 9.17) is 18.6 Å². The summed E-state index contributed by atoms with van der Waals surface area (Å²) in [5.74, 6) is 0.819. The highest BCUT2D eigenvalue weighted by atomic mass is 16.5. The maximum Gasteiger partial charge on any atom is 0.313 e. The maximum atomic E-state index is 12.4. The monoisotopic (exact) mass is 355 g/mol. The minimum atomic E-state index is -0.547. The van der Waals surface area contributed by atoms with Crippen molar-refractivity contribution in [3.63, 3.8) is 0 Å². The largest absolute Gasteiger partial charge is 0.493 e. The van der Waals surface area contributed by atoms with Crippen LogP contribution < -0.4 is 19.5 Å². The fourth-order valence-corrected chi connectivity index (χ4v) is 2.35. The Labute approximate surface area is 149 Å². The van der Waals surface area contributed by atoms with Gasteiger partial charge in [-0.25, -0.2) is 0 Å². The molecule has 0 aliphatic heterocycles. The van der Waals surface area contributed by atoms with Crippen molar-refractivity contribution in [2.45, 2.75) is 0 Å². The van der Waals surface area contributed by atoms with Crippen molar-refractivity contribution in [2.24, 2.45) is 0 Å². The molecular formula is C18H17N3O5. The Balaban J connectivity index is 1.83. The first kappa shape index (κ1) is 17.3. The zero-order valence-electron chi connectivity index (χ0n) is 14.5. The molecule has 0 aliphatic rings. The van der Waals surface area contributed by atoms with Crippen LogP contribution in [0.2, 0.25) is 0 Å². The number of nitrogens with zero attached hydrogens (tertiary/aromatic N) is 2. The summed E-state index contributed by atoms with van der Waals surface area (Å²) in [5.41, 5.74) is 1.16. The summed E-state index contributed by atoms with van der Waals surface area (Å²) >= 11 is 0. The Hall–Kier alpha value is -3.55. The summed E-state index contributed by atoms with van der Waals surface area (Å²) in [6.45, 7) is 0. The van der Waals surface area contributed by atoms with Crippen molar-refractivity contribution in [2.75, 3.05) is 26.6 Å². The van der Waals surface area contributed by atoms with E-state index in [1.807, 2.05) is 30.3 Å². The first-order valence-corrected chi connectivity index (χ1v) is 7.66. The third-order valence-corrected chi connectivity index (χ3v) is 3.56. The number of anilines is 1. The second kappa shape index (κ2) is 7.56. The molecule has 0 saturated heterocycles. The quantitative estimate of drug-likeness (QED) is 0.726. The Kier molecular flexibility index (Phi) is 5.02. The number of aromatic nitrogens is 2. The number of hydrogen-bond acceptors (Lipinski definition) is 7. The molecule has 3 rings (SSSR count). The van der Waals surface area contributed by atoms with Crippen molar-refractivity contribution >= 4 is 11.6 Å². The zero-order chi connectivity index (χ0) is 18.5. The van der Waals surface area contributed by atoms with Crippen LogP contribution in [0.15, 0.2) is 46.9 Å². The van der Waals surface area contributed by atoms with Crippen LogP contribution in [0.5, 0.6) is 17.2 Å². The number of carbonyl (C=O) groups excluding carboxylic acids is 1.